The van der Waals surface area contributed by atoms with E-state index in [0.717, 1.165) is 17.5 Å². The van der Waals surface area contributed by atoms with Crippen molar-refractivity contribution >= 4 is 11.6 Å². The van der Waals surface area contributed by atoms with E-state index in [0.29, 0.717) is 10.6 Å². The average molecular weight is 235 g/mol. The molecule has 0 fully saturated rings. The van der Waals surface area contributed by atoms with E-state index in [1.165, 1.54) is 6.07 Å². The standard InChI is InChI=1S/C14H12ClF/c1-2-10-3-8-14(16)13(9-10)11-4-6-12(15)7-5-11/h3-9H,2H2,1H3. The largest absolute Gasteiger partial charge is 0.206 e. The Morgan fingerprint density at radius 1 is 1.06 bits per heavy atom. The summed E-state index contributed by atoms with van der Waals surface area (Å²) in [5.41, 5.74) is 2.62. The molecule has 0 heterocycles. The van der Waals surface area contributed by atoms with E-state index in [4.69, 9.17) is 11.6 Å². The van der Waals surface area contributed by atoms with Crippen LogP contribution in [0.4, 0.5) is 4.39 Å². The molecule has 0 unspecified atom stereocenters. The van der Waals surface area contributed by atoms with Crippen molar-refractivity contribution in [3.05, 3.63) is 58.9 Å². The normalized spacial score (nSPS) is 10.4. The van der Waals surface area contributed by atoms with E-state index in [1.54, 1.807) is 12.1 Å². The molecule has 0 aliphatic rings. The Labute approximate surface area is 99.7 Å². The highest BCUT2D eigenvalue weighted by Gasteiger charge is 2.05. The Hall–Kier alpha value is -1.34. The van der Waals surface area contributed by atoms with E-state index in [1.807, 2.05) is 24.3 Å². The number of aryl methyl sites for hydroxylation is 1. The quantitative estimate of drug-likeness (QED) is 0.706. The topological polar surface area (TPSA) is 0 Å². The maximum atomic E-state index is 13.7. The third-order valence-corrected chi connectivity index (χ3v) is 2.85. The van der Waals surface area contributed by atoms with Gasteiger partial charge in [-0.05, 0) is 41.8 Å². The molecule has 2 heteroatoms. The van der Waals surface area contributed by atoms with E-state index >= 15 is 0 Å². The summed E-state index contributed by atoms with van der Waals surface area (Å²) in [6.45, 7) is 2.05. The lowest BCUT2D eigenvalue weighted by molar-refractivity contribution is 0.630. The van der Waals surface area contributed by atoms with Gasteiger partial charge in [0.2, 0.25) is 0 Å². The van der Waals surface area contributed by atoms with Crippen molar-refractivity contribution in [2.24, 2.45) is 0 Å². The Morgan fingerprint density at radius 3 is 2.38 bits per heavy atom. The monoisotopic (exact) mass is 234 g/mol. The predicted molar refractivity (Wildman–Crippen MR) is 66.2 cm³/mol. The van der Waals surface area contributed by atoms with Gasteiger partial charge in [-0.15, -0.1) is 0 Å². The molecule has 0 aliphatic carbocycles. The smallest absolute Gasteiger partial charge is 0.131 e. The summed E-state index contributed by atoms with van der Waals surface area (Å²) in [6, 6.07) is 12.4. The fourth-order valence-corrected chi connectivity index (χ4v) is 1.77. The summed E-state index contributed by atoms with van der Waals surface area (Å²) >= 11 is 5.80. The SMILES string of the molecule is CCc1ccc(F)c(-c2ccc(Cl)cc2)c1. The van der Waals surface area contributed by atoms with Gasteiger partial charge in [0.15, 0.2) is 0 Å². The van der Waals surface area contributed by atoms with Gasteiger partial charge in [0.1, 0.15) is 5.82 Å². The van der Waals surface area contributed by atoms with Crippen LogP contribution >= 0.6 is 11.6 Å². The summed E-state index contributed by atoms with van der Waals surface area (Å²) in [5.74, 6) is -0.195. The van der Waals surface area contributed by atoms with Crippen LogP contribution in [0.25, 0.3) is 11.1 Å². The van der Waals surface area contributed by atoms with Crippen molar-refractivity contribution in [1.82, 2.24) is 0 Å². The second-order valence-corrected chi connectivity index (χ2v) is 4.11. The number of rotatable bonds is 2. The van der Waals surface area contributed by atoms with Crippen LogP contribution in [0, 0.1) is 5.82 Å². The zero-order valence-corrected chi connectivity index (χ0v) is 9.76. The lowest BCUT2D eigenvalue weighted by atomic mass is 10.0. The van der Waals surface area contributed by atoms with E-state index in [2.05, 4.69) is 6.92 Å². The number of benzene rings is 2. The fraction of sp³-hybridized carbons (Fsp3) is 0.143. The van der Waals surface area contributed by atoms with Crippen LogP contribution in [0.2, 0.25) is 5.02 Å². The first-order chi connectivity index (χ1) is 7.70. The maximum absolute atomic E-state index is 13.7. The Kier molecular flexibility index (Phi) is 3.25. The second kappa shape index (κ2) is 4.67. The van der Waals surface area contributed by atoms with E-state index in [-0.39, 0.29) is 5.82 Å². The summed E-state index contributed by atoms with van der Waals surface area (Å²) in [5, 5.41) is 0.663. The van der Waals surface area contributed by atoms with E-state index < -0.39 is 0 Å². The average Bonchev–Trinajstić information content (AvgIpc) is 2.31. The van der Waals surface area contributed by atoms with Crippen molar-refractivity contribution in [3.8, 4) is 11.1 Å². The molecular weight excluding hydrogens is 223 g/mol. The molecule has 16 heavy (non-hydrogen) atoms. The molecule has 0 amide bonds. The summed E-state index contributed by atoms with van der Waals surface area (Å²) < 4.78 is 13.7. The number of hydrogen-bond donors (Lipinski definition) is 0. The Morgan fingerprint density at radius 2 is 1.75 bits per heavy atom. The first-order valence-electron chi connectivity index (χ1n) is 5.25. The molecule has 2 rings (SSSR count). The van der Waals surface area contributed by atoms with Crippen LogP contribution in [-0.2, 0) is 6.42 Å². The third-order valence-electron chi connectivity index (χ3n) is 2.59. The minimum absolute atomic E-state index is 0.195. The van der Waals surface area contributed by atoms with Gasteiger partial charge in [-0.2, -0.15) is 0 Å². The molecule has 0 radical (unpaired) electrons. The molecule has 2 aromatic rings. The molecule has 0 bridgehead atoms. The van der Waals surface area contributed by atoms with Crippen LogP contribution in [-0.4, -0.2) is 0 Å². The van der Waals surface area contributed by atoms with Crippen LogP contribution in [0.1, 0.15) is 12.5 Å². The molecule has 0 aliphatic heterocycles. The minimum Gasteiger partial charge on any atom is -0.206 e. The fourth-order valence-electron chi connectivity index (χ4n) is 1.64. The van der Waals surface area contributed by atoms with Crippen LogP contribution in [0.15, 0.2) is 42.5 Å². The van der Waals surface area contributed by atoms with Gasteiger partial charge in [0.05, 0.1) is 0 Å². The van der Waals surface area contributed by atoms with E-state index in [9.17, 15) is 4.39 Å². The highest BCUT2D eigenvalue weighted by molar-refractivity contribution is 6.30. The van der Waals surface area contributed by atoms with Crippen molar-refractivity contribution < 1.29 is 4.39 Å². The predicted octanol–water partition coefficient (Wildman–Crippen LogP) is 4.71. The molecule has 0 saturated carbocycles. The van der Waals surface area contributed by atoms with Gasteiger partial charge in [0, 0.05) is 10.6 Å². The second-order valence-electron chi connectivity index (χ2n) is 3.67. The number of hydrogen-bond acceptors (Lipinski definition) is 0. The van der Waals surface area contributed by atoms with Crippen molar-refractivity contribution in [1.29, 1.82) is 0 Å². The molecular formula is C14H12ClF. The lowest BCUT2D eigenvalue weighted by Gasteiger charge is -2.06. The zero-order chi connectivity index (χ0) is 11.5. The highest BCUT2D eigenvalue weighted by atomic mass is 35.5. The molecule has 2 aromatic carbocycles. The zero-order valence-electron chi connectivity index (χ0n) is 9.00. The molecule has 0 N–H and O–H groups in total. The minimum atomic E-state index is -0.195. The van der Waals surface area contributed by atoms with Gasteiger partial charge in [-0.1, -0.05) is 36.7 Å². The van der Waals surface area contributed by atoms with Gasteiger partial charge < -0.3 is 0 Å². The first-order valence-corrected chi connectivity index (χ1v) is 5.63. The summed E-state index contributed by atoms with van der Waals surface area (Å²) in [6.07, 6.45) is 0.904. The molecule has 0 atom stereocenters. The summed E-state index contributed by atoms with van der Waals surface area (Å²) in [4.78, 5) is 0. The Balaban J connectivity index is 2.50. The van der Waals surface area contributed by atoms with Gasteiger partial charge in [-0.3, -0.25) is 0 Å². The molecule has 0 aromatic heterocycles. The third kappa shape index (κ3) is 2.25. The van der Waals surface area contributed by atoms with Crippen molar-refractivity contribution in [2.75, 3.05) is 0 Å². The molecule has 0 saturated heterocycles. The van der Waals surface area contributed by atoms with Crippen LogP contribution in [0.5, 0.6) is 0 Å². The van der Waals surface area contributed by atoms with Crippen LogP contribution in [0.3, 0.4) is 0 Å². The van der Waals surface area contributed by atoms with Crippen LogP contribution < -0.4 is 0 Å². The molecule has 0 nitrogen and oxygen atoms in total. The summed E-state index contributed by atoms with van der Waals surface area (Å²) in [7, 11) is 0. The first kappa shape index (κ1) is 11.2. The van der Waals surface area contributed by atoms with Gasteiger partial charge in [0.25, 0.3) is 0 Å². The Bertz CT molecular complexity index is 489. The van der Waals surface area contributed by atoms with Gasteiger partial charge in [-0.25, -0.2) is 4.39 Å². The number of halogens is 2. The van der Waals surface area contributed by atoms with Gasteiger partial charge >= 0.3 is 0 Å². The van der Waals surface area contributed by atoms with Crippen molar-refractivity contribution in [2.45, 2.75) is 13.3 Å². The maximum Gasteiger partial charge on any atom is 0.131 e. The lowest BCUT2D eigenvalue weighted by Crippen LogP contribution is -1.87. The van der Waals surface area contributed by atoms with Crippen molar-refractivity contribution in [3.63, 3.8) is 0 Å². The molecule has 82 valence electrons. The highest BCUT2D eigenvalue weighted by Crippen LogP contribution is 2.25. The molecule has 0 spiro atoms.